The Balaban J connectivity index is 2.04. The molecule has 0 aliphatic carbocycles. The van der Waals surface area contributed by atoms with Crippen molar-refractivity contribution >= 4 is 15.9 Å². The van der Waals surface area contributed by atoms with Gasteiger partial charge in [0.15, 0.2) is 0 Å². The van der Waals surface area contributed by atoms with Crippen LogP contribution in [-0.2, 0) is 11.3 Å². The number of alkyl halides is 2. The van der Waals surface area contributed by atoms with Crippen LogP contribution in [0, 0.1) is 0 Å². The van der Waals surface area contributed by atoms with Gasteiger partial charge in [-0.3, -0.25) is 4.90 Å². The zero-order valence-corrected chi connectivity index (χ0v) is 10.9. The van der Waals surface area contributed by atoms with E-state index in [-0.39, 0.29) is 5.56 Å². The Kier molecular flexibility index (Phi) is 4.48. The molecule has 1 aliphatic heterocycles. The molecular weight excluding hydrogens is 292 g/mol. The molecular formula is C12H14BrF2NO. The van der Waals surface area contributed by atoms with Crippen molar-refractivity contribution in [2.24, 2.45) is 0 Å². The molecule has 0 radical (unpaired) electrons. The Morgan fingerprint density at radius 1 is 1.29 bits per heavy atom. The number of hydrogen-bond acceptors (Lipinski definition) is 2. The molecule has 1 aliphatic rings. The molecule has 0 aromatic heterocycles. The standard InChI is InChI=1S/C12H14BrF2NO/c13-11-7-9(1-2-10(11)12(14)15)8-16-3-5-17-6-4-16/h1-2,7,12H,3-6,8H2. The van der Waals surface area contributed by atoms with Crippen molar-refractivity contribution in [3.05, 3.63) is 33.8 Å². The van der Waals surface area contributed by atoms with Crippen LogP contribution in [0.15, 0.2) is 22.7 Å². The topological polar surface area (TPSA) is 12.5 Å². The van der Waals surface area contributed by atoms with E-state index >= 15 is 0 Å². The summed E-state index contributed by atoms with van der Waals surface area (Å²) in [6.07, 6.45) is -2.43. The average Bonchev–Trinajstić information content (AvgIpc) is 2.30. The molecule has 1 heterocycles. The molecule has 5 heteroatoms. The maximum Gasteiger partial charge on any atom is 0.264 e. The summed E-state index contributed by atoms with van der Waals surface area (Å²) in [5.74, 6) is 0. The molecule has 17 heavy (non-hydrogen) atoms. The van der Waals surface area contributed by atoms with Crippen LogP contribution < -0.4 is 0 Å². The van der Waals surface area contributed by atoms with Crippen molar-refractivity contribution in [1.29, 1.82) is 0 Å². The SMILES string of the molecule is FC(F)c1ccc(CN2CCOCC2)cc1Br. The summed E-state index contributed by atoms with van der Waals surface area (Å²) in [7, 11) is 0. The van der Waals surface area contributed by atoms with Crippen LogP contribution in [0.4, 0.5) is 8.78 Å². The number of ether oxygens (including phenoxy) is 1. The smallest absolute Gasteiger partial charge is 0.264 e. The highest BCUT2D eigenvalue weighted by Gasteiger charge is 2.14. The molecule has 0 amide bonds. The number of morpholine rings is 1. The minimum Gasteiger partial charge on any atom is -0.379 e. The summed E-state index contributed by atoms with van der Waals surface area (Å²) in [5.41, 5.74) is 1.10. The number of rotatable bonds is 3. The van der Waals surface area contributed by atoms with Gasteiger partial charge in [0.1, 0.15) is 0 Å². The Labute approximate surface area is 108 Å². The zero-order chi connectivity index (χ0) is 12.3. The lowest BCUT2D eigenvalue weighted by molar-refractivity contribution is 0.0342. The summed E-state index contributed by atoms with van der Waals surface area (Å²) in [5, 5.41) is 0. The Hall–Kier alpha value is -0.520. The molecule has 0 N–H and O–H groups in total. The van der Waals surface area contributed by atoms with E-state index in [1.807, 2.05) is 0 Å². The van der Waals surface area contributed by atoms with Crippen LogP contribution in [0.5, 0.6) is 0 Å². The molecule has 0 unspecified atom stereocenters. The highest BCUT2D eigenvalue weighted by atomic mass is 79.9. The van der Waals surface area contributed by atoms with Gasteiger partial charge in [0.05, 0.1) is 13.2 Å². The highest BCUT2D eigenvalue weighted by Crippen LogP contribution is 2.28. The van der Waals surface area contributed by atoms with E-state index in [0.717, 1.165) is 38.4 Å². The first-order valence-electron chi connectivity index (χ1n) is 5.53. The molecule has 1 aromatic carbocycles. The van der Waals surface area contributed by atoms with Crippen molar-refractivity contribution in [2.45, 2.75) is 13.0 Å². The lowest BCUT2D eigenvalue weighted by Gasteiger charge is -2.26. The van der Waals surface area contributed by atoms with Gasteiger partial charge in [-0.05, 0) is 11.6 Å². The van der Waals surface area contributed by atoms with Gasteiger partial charge in [0.25, 0.3) is 6.43 Å². The second-order valence-corrected chi connectivity index (χ2v) is 4.90. The quantitative estimate of drug-likeness (QED) is 0.850. The van der Waals surface area contributed by atoms with E-state index in [9.17, 15) is 8.78 Å². The minimum atomic E-state index is -2.43. The summed E-state index contributed by atoms with van der Waals surface area (Å²) in [6, 6.07) is 5.03. The largest absolute Gasteiger partial charge is 0.379 e. The summed E-state index contributed by atoms with van der Waals surface area (Å²) in [6.45, 7) is 4.07. The van der Waals surface area contributed by atoms with Crippen LogP contribution in [-0.4, -0.2) is 31.2 Å². The van der Waals surface area contributed by atoms with Crippen LogP contribution in [0.25, 0.3) is 0 Å². The van der Waals surface area contributed by atoms with Gasteiger partial charge in [-0.25, -0.2) is 8.78 Å². The third kappa shape index (κ3) is 3.47. The van der Waals surface area contributed by atoms with Crippen molar-refractivity contribution < 1.29 is 13.5 Å². The van der Waals surface area contributed by atoms with Crippen LogP contribution in [0.2, 0.25) is 0 Å². The van der Waals surface area contributed by atoms with Gasteiger partial charge >= 0.3 is 0 Å². The van der Waals surface area contributed by atoms with E-state index < -0.39 is 6.43 Å². The molecule has 1 saturated heterocycles. The van der Waals surface area contributed by atoms with Gasteiger partial charge in [0, 0.05) is 29.7 Å². The minimum absolute atomic E-state index is 0.0516. The summed E-state index contributed by atoms with van der Waals surface area (Å²) < 4.78 is 30.9. The van der Waals surface area contributed by atoms with Gasteiger partial charge in [0.2, 0.25) is 0 Å². The lowest BCUT2D eigenvalue weighted by Crippen LogP contribution is -2.35. The molecule has 0 saturated carbocycles. The molecule has 1 fully saturated rings. The van der Waals surface area contributed by atoms with Gasteiger partial charge in [-0.2, -0.15) is 0 Å². The molecule has 1 aromatic rings. The van der Waals surface area contributed by atoms with E-state index in [1.165, 1.54) is 6.07 Å². The lowest BCUT2D eigenvalue weighted by atomic mass is 10.1. The molecule has 2 nitrogen and oxygen atoms in total. The van der Waals surface area contributed by atoms with Crippen molar-refractivity contribution in [2.75, 3.05) is 26.3 Å². The Morgan fingerprint density at radius 2 is 2.00 bits per heavy atom. The average molecular weight is 306 g/mol. The van der Waals surface area contributed by atoms with Crippen LogP contribution >= 0.6 is 15.9 Å². The van der Waals surface area contributed by atoms with Gasteiger partial charge < -0.3 is 4.74 Å². The summed E-state index contributed by atoms with van der Waals surface area (Å²) >= 11 is 3.19. The Morgan fingerprint density at radius 3 is 2.59 bits per heavy atom. The maximum absolute atomic E-state index is 12.6. The van der Waals surface area contributed by atoms with Crippen molar-refractivity contribution in [3.8, 4) is 0 Å². The monoisotopic (exact) mass is 305 g/mol. The van der Waals surface area contributed by atoms with Gasteiger partial charge in [-0.1, -0.05) is 28.1 Å². The first-order chi connectivity index (χ1) is 8.16. The number of hydrogen-bond donors (Lipinski definition) is 0. The van der Waals surface area contributed by atoms with E-state index in [1.54, 1.807) is 12.1 Å². The number of halogens is 3. The molecule has 0 spiro atoms. The highest BCUT2D eigenvalue weighted by molar-refractivity contribution is 9.10. The van der Waals surface area contributed by atoms with Crippen LogP contribution in [0.3, 0.4) is 0 Å². The second-order valence-electron chi connectivity index (χ2n) is 4.05. The predicted molar refractivity (Wildman–Crippen MR) is 65.2 cm³/mol. The molecule has 0 atom stereocenters. The molecule has 2 rings (SSSR count). The number of nitrogens with zero attached hydrogens (tertiary/aromatic N) is 1. The fourth-order valence-corrected chi connectivity index (χ4v) is 2.46. The fraction of sp³-hybridized carbons (Fsp3) is 0.500. The fourth-order valence-electron chi connectivity index (χ4n) is 1.86. The molecule has 94 valence electrons. The third-order valence-corrected chi connectivity index (χ3v) is 3.50. The first kappa shape index (κ1) is 12.9. The van der Waals surface area contributed by atoms with Gasteiger partial charge in [-0.15, -0.1) is 0 Å². The third-order valence-electron chi connectivity index (χ3n) is 2.81. The van der Waals surface area contributed by atoms with E-state index in [0.29, 0.717) is 4.47 Å². The van der Waals surface area contributed by atoms with E-state index in [2.05, 4.69) is 20.8 Å². The normalized spacial score (nSPS) is 17.6. The maximum atomic E-state index is 12.6. The van der Waals surface area contributed by atoms with Crippen molar-refractivity contribution in [3.63, 3.8) is 0 Å². The first-order valence-corrected chi connectivity index (χ1v) is 6.32. The zero-order valence-electron chi connectivity index (χ0n) is 9.33. The summed E-state index contributed by atoms with van der Waals surface area (Å²) in [4.78, 5) is 2.26. The number of benzene rings is 1. The van der Waals surface area contributed by atoms with E-state index in [4.69, 9.17) is 4.74 Å². The second kappa shape index (κ2) is 5.89. The molecule has 0 bridgehead atoms. The Bertz CT molecular complexity index is 381. The van der Waals surface area contributed by atoms with Crippen LogP contribution in [0.1, 0.15) is 17.6 Å². The predicted octanol–water partition coefficient (Wildman–Crippen LogP) is 3.22. The van der Waals surface area contributed by atoms with Crippen molar-refractivity contribution in [1.82, 2.24) is 4.90 Å².